The molecule has 0 aliphatic carbocycles. The van der Waals surface area contributed by atoms with Gasteiger partial charge in [-0.05, 0) is 42.0 Å². The predicted octanol–water partition coefficient (Wildman–Crippen LogP) is 4.85. The van der Waals surface area contributed by atoms with E-state index in [1.807, 2.05) is 23.6 Å². The average molecular weight is 431 g/mol. The first-order chi connectivity index (χ1) is 14.1. The second kappa shape index (κ2) is 10.2. The SMILES string of the molecule is COc1ccc(C(=O)Nc2nc(CSCc3cc(OC)cc(OC)c3)cs2)cc1. The number of benzene rings is 2. The number of nitrogens with one attached hydrogen (secondary N) is 1. The smallest absolute Gasteiger partial charge is 0.257 e. The minimum absolute atomic E-state index is 0.190. The Hall–Kier alpha value is -2.71. The van der Waals surface area contributed by atoms with Crippen molar-refractivity contribution in [1.82, 2.24) is 4.98 Å². The first-order valence-electron chi connectivity index (χ1n) is 8.80. The molecule has 0 unspecified atom stereocenters. The van der Waals surface area contributed by atoms with Crippen LogP contribution in [-0.2, 0) is 11.5 Å². The van der Waals surface area contributed by atoms with Crippen LogP contribution in [0.4, 0.5) is 5.13 Å². The third-order valence-electron chi connectivity index (χ3n) is 4.05. The number of rotatable bonds is 9. The average Bonchev–Trinajstić information content (AvgIpc) is 3.20. The topological polar surface area (TPSA) is 69.7 Å². The molecule has 0 saturated carbocycles. The van der Waals surface area contributed by atoms with Crippen LogP contribution in [0.2, 0.25) is 0 Å². The maximum Gasteiger partial charge on any atom is 0.257 e. The minimum Gasteiger partial charge on any atom is -0.497 e. The summed E-state index contributed by atoms with van der Waals surface area (Å²) in [5.41, 5.74) is 2.61. The molecule has 1 amide bonds. The normalized spacial score (nSPS) is 10.4. The third kappa shape index (κ3) is 5.88. The van der Waals surface area contributed by atoms with Gasteiger partial charge in [0.25, 0.3) is 5.91 Å². The van der Waals surface area contributed by atoms with Crippen molar-refractivity contribution in [2.45, 2.75) is 11.5 Å². The molecule has 0 atom stereocenters. The number of aromatic nitrogens is 1. The number of ether oxygens (including phenoxy) is 3. The Morgan fingerprint density at radius 2 is 1.62 bits per heavy atom. The van der Waals surface area contributed by atoms with Gasteiger partial charge in [0.1, 0.15) is 17.2 Å². The van der Waals surface area contributed by atoms with Crippen LogP contribution in [-0.4, -0.2) is 32.2 Å². The summed E-state index contributed by atoms with van der Waals surface area (Å²) in [5.74, 6) is 3.62. The first kappa shape index (κ1) is 21.0. The van der Waals surface area contributed by atoms with Crippen LogP contribution in [0.25, 0.3) is 0 Å². The number of carbonyl (C=O) groups is 1. The lowest BCUT2D eigenvalue weighted by molar-refractivity contribution is 0.102. The van der Waals surface area contributed by atoms with E-state index in [9.17, 15) is 4.79 Å². The lowest BCUT2D eigenvalue weighted by atomic mass is 10.2. The molecule has 3 rings (SSSR count). The molecular formula is C21H22N2O4S2. The Balaban J connectivity index is 1.53. The van der Waals surface area contributed by atoms with Crippen LogP contribution in [0.1, 0.15) is 21.6 Å². The fourth-order valence-corrected chi connectivity index (χ4v) is 4.24. The molecule has 0 radical (unpaired) electrons. The minimum atomic E-state index is -0.190. The number of methoxy groups -OCH3 is 3. The Morgan fingerprint density at radius 1 is 0.966 bits per heavy atom. The molecule has 1 heterocycles. The van der Waals surface area contributed by atoms with E-state index in [4.69, 9.17) is 14.2 Å². The van der Waals surface area contributed by atoms with E-state index in [0.29, 0.717) is 16.4 Å². The highest BCUT2D eigenvalue weighted by Gasteiger charge is 2.10. The Labute approximate surface area is 178 Å². The zero-order chi connectivity index (χ0) is 20.6. The van der Waals surface area contributed by atoms with Gasteiger partial charge in [-0.1, -0.05) is 0 Å². The monoisotopic (exact) mass is 430 g/mol. The number of carbonyl (C=O) groups excluding carboxylic acids is 1. The van der Waals surface area contributed by atoms with Crippen molar-refractivity contribution < 1.29 is 19.0 Å². The molecule has 0 fully saturated rings. The van der Waals surface area contributed by atoms with Gasteiger partial charge in [-0.15, -0.1) is 11.3 Å². The molecule has 152 valence electrons. The number of thiazole rings is 1. The van der Waals surface area contributed by atoms with E-state index in [0.717, 1.165) is 34.3 Å². The van der Waals surface area contributed by atoms with Crippen molar-refractivity contribution in [3.8, 4) is 17.2 Å². The highest BCUT2D eigenvalue weighted by atomic mass is 32.2. The van der Waals surface area contributed by atoms with E-state index in [1.54, 1.807) is 57.4 Å². The molecule has 8 heteroatoms. The zero-order valence-corrected chi connectivity index (χ0v) is 18.1. The van der Waals surface area contributed by atoms with Gasteiger partial charge in [-0.3, -0.25) is 10.1 Å². The maximum absolute atomic E-state index is 12.3. The molecule has 29 heavy (non-hydrogen) atoms. The largest absolute Gasteiger partial charge is 0.497 e. The number of anilines is 1. The summed E-state index contributed by atoms with van der Waals surface area (Å²) in [7, 11) is 4.88. The lowest BCUT2D eigenvalue weighted by Crippen LogP contribution is -2.11. The second-order valence-corrected chi connectivity index (χ2v) is 7.88. The molecule has 0 bridgehead atoms. The highest BCUT2D eigenvalue weighted by Crippen LogP contribution is 2.27. The second-order valence-electron chi connectivity index (χ2n) is 6.04. The predicted molar refractivity (Wildman–Crippen MR) is 118 cm³/mol. The summed E-state index contributed by atoms with van der Waals surface area (Å²) in [6, 6.07) is 12.8. The Morgan fingerprint density at radius 3 is 2.24 bits per heavy atom. The van der Waals surface area contributed by atoms with Gasteiger partial charge in [0.15, 0.2) is 5.13 Å². The van der Waals surface area contributed by atoms with Crippen LogP contribution in [0, 0.1) is 0 Å². The third-order valence-corrected chi connectivity index (χ3v) is 5.90. The van der Waals surface area contributed by atoms with E-state index >= 15 is 0 Å². The highest BCUT2D eigenvalue weighted by molar-refractivity contribution is 7.97. The molecule has 1 aromatic heterocycles. The summed E-state index contributed by atoms with van der Waals surface area (Å²) >= 11 is 3.15. The van der Waals surface area contributed by atoms with Gasteiger partial charge in [-0.25, -0.2) is 4.98 Å². The molecule has 0 saturated heterocycles. The molecule has 0 aliphatic rings. The van der Waals surface area contributed by atoms with Gasteiger partial charge in [0, 0.05) is 28.5 Å². The number of hydrogen-bond donors (Lipinski definition) is 1. The van der Waals surface area contributed by atoms with Crippen molar-refractivity contribution in [3.05, 3.63) is 64.7 Å². The van der Waals surface area contributed by atoms with E-state index in [2.05, 4.69) is 10.3 Å². The molecule has 3 aromatic rings. The summed E-state index contributed by atoms with van der Waals surface area (Å²) in [4.78, 5) is 16.8. The van der Waals surface area contributed by atoms with Crippen LogP contribution < -0.4 is 19.5 Å². The molecule has 1 N–H and O–H groups in total. The molecule has 6 nitrogen and oxygen atoms in total. The number of amides is 1. The van der Waals surface area contributed by atoms with Crippen molar-refractivity contribution >= 4 is 34.1 Å². The summed E-state index contributed by atoms with van der Waals surface area (Å²) in [6.07, 6.45) is 0. The lowest BCUT2D eigenvalue weighted by Gasteiger charge is -2.08. The van der Waals surface area contributed by atoms with Crippen molar-refractivity contribution in [1.29, 1.82) is 0 Å². The standard InChI is InChI=1S/C21H22N2O4S2/c1-25-17-6-4-15(5-7-17)20(24)23-21-22-16(13-29-21)12-28-11-14-8-18(26-2)10-19(9-14)27-3/h4-10,13H,11-12H2,1-3H3,(H,22,23,24). The first-order valence-corrected chi connectivity index (χ1v) is 10.8. The summed E-state index contributed by atoms with van der Waals surface area (Å²) < 4.78 is 15.7. The number of thioether (sulfide) groups is 1. The van der Waals surface area contributed by atoms with Gasteiger partial charge in [0.2, 0.25) is 0 Å². The molecule has 0 spiro atoms. The molecular weight excluding hydrogens is 408 g/mol. The van der Waals surface area contributed by atoms with Crippen LogP contribution in [0.5, 0.6) is 17.2 Å². The van der Waals surface area contributed by atoms with E-state index in [-0.39, 0.29) is 5.91 Å². The number of nitrogens with zero attached hydrogens (tertiary/aromatic N) is 1. The quantitative estimate of drug-likeness (QED) is 0.523. The van der Waals surface area contributed by atoms with E-state index in [1.165, 1.54) is 11.3 Å². The Bertz CT molecular complexity index is 935. The van der Waals surface area contributed by atoms with Crippen LogP contribution in [0.15, 0.2) is 47.8 Å². The summed E-state index contributed by atoms with van der Waals surface area (Å²) in [6.45, 7) is 0. The summed E-state index contributed by atoms with van der Waals surface area (Å²) in [5, 5.41) is 5.39. The van der Waals surface area contributed by atoms with Gasteiger partial charge in [0.05, 0.1) is 27.0 Å². The van der Waals surface area contributed by atoms with Gasteiger partial charge < -0.3 is 14.2 Å². The fraction of sp³-hybridized carbons (Fsp3) is 0.238. The zero-order valence-electron chi connectivity index (χ0n) is 16.4. The van der Waals surface area contributed by atoms with Crippen LogP contribution >= 0.6 is 23.1 Å². The van der Waals surface area contributed by atoms with Gasteiger partial charge >= 0.3 is 0 Å². The van der Waals surface area contributed by atoms with Crippen molar-refractivity contribution in [2.75, 3.05) is 26.6 Å². The van der Waals surface area contributed by atoms with Crippen LogP contribution in [0.3, 0.4) is 0 Å². The maximum atomic E-state index is 12.3. The van der Waals surface area contributed by atoms with E-state index < -0.39 is 0 Å². The molecule has 0 aliphatic heterocycles. The van der Waals surface area contributed by atoms with Crippen molar-refractivity contribution in [3.63, 3.8) is 0 Å². The van der Waals surface area contributed by atoms with Gasteiger partial charge in [-0.2, -0.15) is 11.8 Å². The van der Waals surface area contributed by atoms with Crippen molar-refractivity contribution in [2.24, 2.45) is 0 Å². The number of hydrogen-bond acceptors (Lipinski definition) is 7. The molecule has 2 aromatic carbocycles. The fourth-order valence-electron chi connectivity index (χ4n) is 2.57. The Kier molecular flexibility index (Phi) is 7.37.